The third kappa shape index (κ3) is 3.94. The molecule has 0 radical (unpaired) electrons. The SMILES string of the molecule is O=C(NC[C@H]1CCCN(Cc2nccs2)C1)c1cccc2ccccc12. The first kappa shape index (κ1) is 17.2. The van der Waals surface area contributed by atoms with Crippen molar-refractivity contribution in [2.24, 2.45) is 5.92 Å². The molecule has 1 aromatic heterocycles. The van der Waals surface area contributed by atoms with Gasteiger partial charge in [0.1, 0.15) is 5.01 Å². The summed E-state index contributed by atoms with van der Waals surface area (Å²) >= 11 is 1.71. The number of nitrogens with zero attached hydrogens (tertiary/aromatic N) is 2. The number of piperidine rings is 1. The van der Waals surface area contributed by atoms with E-state index in [4.69, 9.17) is 0 Å². The zero-order valence-electron chi connectivity index (χ0n) is 14.7. The summed E-state index contributed by atoms with van der Waals surface area (Å²) < 4.78 is 0. The first-order valence-electron chi connectivity index (χ1n) is 9.16. The number of carbonyl (C=O) groups excluding carboxylic acids is 1. The molecule has 1 N–H and O–H groups in total. The molecule has 0 aliphatic carbocycles. The van der Waals surface area contributed by atoms with E-state index in [1.807, 2.05) is 54.0 Å². The lowest BCUT2D eigenvalue weighted by molar-refractivity contribution is 0.0932. The monoisotopic (exact) mass is 365 g/mol. The van der Waals surface area contributed by atoms with Gasteiger partial charge in [0, 0.05) is 30.2 Å². The molecule has 1 aliphatic heterocycles. The molecule has 3 aromatic rings. The Labute approximate surface area is 157 Å². The average Bonchev–Trinajstić information content (AvgIpc) is 3.19. The van der Waals surface area contributed by atoms with E-state index in [1.165, 1.54) is 17.8 Å². The molecule has 2 heterocycles. The van der Waals surface area contributed by atoms with Crippen molar-refractivity contribution in [3.63, 3.8) is 0 Å². The highest BCUT2D eigenvalue weighted by atomic mass is 32.1. The number of carbonyl (C=O) groups is 1. The summed E-state index contributed by atoms with van der Waals surface area (Å²) in [5.74, 6) is 0.529. The second kappa shape index (κ2) is 7.98. The predicted octanol–water partition coefficient (Wildman–Crippen LogP) is 3.94. The zero-order chi connectivity index (χ0) is 17.8. The molecule has 134 valence electrons. The van der Waals surface area contributed by atoms with Crippen molar-refractivity contribution in [2.75, 3.05) is 19.6 Å². The van der Waals surface area contributed by atoms with E-state index in [-0.39, 0.29) is 5.91 Å². The van der Waals surface area contributed by atoms with Crippen LogP contribution in [0.3, 0.4) is 0 Å². The molecular weight excluding hydrogens is 342 g/mol. The van der Waals surface area contributed by atoms with Gasteiger partial charge in [0.25, 0.3) is 5.91 Å². The van der Waals surface area contributed by atoms with Crippen molar-refractivity contribution < 1.29 is 4.79 Å². The quantitative estimate of drug-likeness (QED) is 0.745. The summed E-state index contributed by atoms with van der Waals surface area (Å²) in [6, 6.07) is 14.0. The fourth-order valence-corrected chi connectivity index (χ4v) is 4.40. The standard InChI is InChI=1S/C21H23N3OS/c25-21(19-9-3-7-17-6-1-2-8-18(17)19)23-13-16-5-4-11-24(14-16)15-20-22-10-12-26-20/h1-3,6-10,12,16H,4-5,11,13-15H2,(H,23,25)/t16-/m1/s1. The van der Waals surface area contributed by atoms with Crippen LogP contribution in [0.2, 0.25) is 0 Å². The summed E-state index contributed by atoms with van der Waals surface area (Å²) in [5.41, 5.74) is 0.763. The number of likely N-dealkylation sites (tertiary alicyclic amines) is 1. The lowest BCUT2D eigenvalue weighted by Crippen LogP contribution is -2.40. The van der Waals surface area contributed by atoms with Crippen LogP contribution in [0.4, 0.5) is 0 Å². The minimum absolute atomic E-state index is 0.0267. The fraction of sp³-hybridized carbons (Fsp3) is 0.333. The highest BCUT2D eigenvalue weighted by Crippen LogP contribution is 2.20. The van der Waals surface area contributed by atoms with E-state index < -0.39 is 0 Å². The molecule has 4 nitrogen and oxygen atoms in total. The van der Waals surface area contributed by atoms with E-state index in [1.54, 1.807) is 11.3 Å². The zero-order valence-corrected chi connectivity index (χ0v) is 15.5. The van der Waals surface area contributed by atoms with E-state index in [9.17, 15) is 4.79 Å². The highest BCUT2D eigenvalue weighted by Gasteiger charge is 2.21. The number of thiazole rings is 1. The normalized spacial score (nSPS) is 18.1. The van der Waals surface area contributed by atoms with Gasteiger partial charge in [-0.1, -0.05) is 36.4 Å². The van der Waals surface area contributed by atoms with Crippen molar-refractivity contribution in [3.05, 3.63) is 64.6 Å². The second-order valence-corrected chi connectivity index (χ2v) is 7.89. The molecule has 5 heteroatoms. The van der Waals surface area contributed by atoms with Crippen molar-refractivity contribution >= 4 is 28.0 Å². The van der Waals surface area contributed by atoms with Crippen LogP contribution in [0.15, 0.2) is 54.0 Å². The van der Waals surface area contributed by atoms with Crippen LogP contribution >= 0.6 is 11.3 Å². The second-order valence-electron chi connectivity index (χ2n) is 6.91. The number of hydrogen-bond donors (Lipinski definition) is 1. The predicted molar refractivity (Wildman–Crippen MR) is 106 cm³/mol. The summed E-state index contributed by atoms with van der Waals surface area (Å²) in [4.78, 5) is 19.5. The van der Waals surface area contributed by atoms with Gasteiger partial charge in [0.05, 0.1) is 6.54 Å². The van der Waals surface area contributed by atoms with Gasteiger partial charge >= 0.3 is 0 Å². The highest BCUT2D eigenvalue weighted by molar-refractivity contribution is 7.09. The minimum Gasteiger partial charge on any atom is -0.352 e. The molecule has 1 aliphatic rings. The van der Waals surface area contributed by atoms with Gasteiger partial charge in [0.2, 0.25) is 0 Å². The van der Waals surface area contributed by atoms with Crippen LogP contribution in [0.1, 0.15) is 28.2 Å². The van der Waals surface area contributed by atoms with Crippen LogP contribution in [0.25, 0.3) is 10.8 Å². The van der Waals surface area contributed by atoms with Gasteiger partial charge < -0.3 is 5.32 Å². The molecular formula is C21H23N3OS. The lowest BCUT2D eigenvalue weighted by Gasteiger charge is -2.32. The van der Waals surface area contributed by atoms with Crippen LogP contribution in [-0.2, 0) is 6.54 Å². The van der Waals surface area contributed by atoms with Crippen molar-refractivity contribution in [3.8, 4) is 0 Å². The molecule has 1 saturated heterocycles. The van der Waals surface area contributed by atoms with E-state index in [0.717, 1.165) is 42.5 Å². The van der Waals surface area contributed by atoms with E-state index in [0.29, 0.717) is 5.92 Å². The Bertz CT molecular complexity index is 873. The topological polar surface area (TPSA) is 45.2 Å². The average molecular weight is 366 g/mol. The van der Waals surface area contributed by atoms with Crippen LogP contribution in [-0.4, -0.2) is 35.4 Å². The minimum atomic E-state index is 0.0267. The van der Waals surface area contributed by atoms with Gasteiger partial charge in [-0.3, -0.25) is 9.69 Å². The van der Waals surface area contributed by atoms with Crippen molar-refractivity contribution in [2.45, 2.75) is 19.4 Å². The van der Waals surface area contributed by atoms with Gasteiger partial charge in [-0.25, -0.2) is 4.98 Å². The van der Waals surface area contributed by atoms with Crippen molar-refractivity contribution in [1.29, 1.82) is 0 Å². The Morgan fingerprint density at radius 1 is 1.23 bits per heavy atom. The maximum atomic E-state index is 12.7. The van der Waals surface area contributed by atoms with Gasteiger partial charge in [-0.05, 0) is 42.1 Å². The van der Waals surface area contributed by atoms with Gasteiger partial charge in [-0.2, -0.15) is 0 Å². The molecule has 0 spiro atoms. The largest absolute Gasteiger partial charge is 0.352 e. The molecule has 1 amide bonds. The number of hydrogen-bond acceptors (Lipinski definition) is 4. The Morgan fingerprint density at radius 3 is 3.00 bits per heavy atom. The number of fused-ring (bicyclic) bond motifs is 1. The van der Waals surface area contributed by atoms with Crippen LogP contribution in [0.5, 0.6) is 0 Å². The smallest absolute Gasteiger partial charge is 0.251 e. The van der Waals surface area contributed by atoms with Crippen LogP contribution in [0, 0.1) is 5.92 Å². The number of benzene rings is 2. The fourth-order valence-electron chi connectivity index (χ4n) is 3.74. The molecule has 4 rings (SSSR count). The molecule has 0 unspecified atom stereocenters. The molecule has 26 heavy (non-hydrogen) atoms. The number of rotatable bonds is 5. The van der Waals surface area contributed by atoms with E-state index in [2.05, 4.69) is 15.2 Å². The molecule has 1 fully saturated rings. The summed E-state index contributed by atoms with van der Waals surface area (Å²) in [6.07, 6.45) is 4.22. The Balaban J connectivity index is 1.36. The first-order valence-corrected chi connectivity index (χ1v) is 10.0. The maximum absolute atomic E-state index is 12.7. The third-order valence-electron chi connectivity index (χ3n) is 5.03. The summed E-state index contributed by atoms with van der Waals surface area (Å²) in [5, 5.41) is 8.48. The molecule has 0 saturated carbocycles. The van der Waals surface area contributed by atoms with Crippen LogP contribution < -0.4 is 5.32 Å². The van der Waals surface area contributed by atoms with Gasteiger partial charge in [0.15, 0.2) is 0 Å². The maximum Gasteiger partial charge on any atom is 0.251 e. The summed E-state index contributed by atoms with van der Waals surface area (Å²) in [6.45, 7) is 3.80. The Hall–Kier alpha value is -2.24. The van der Waals surface area contributed by atoms with Crippen molar-refractivity contribution in [1.82, 2.24) is 15.2 Å². The first-order chi connectivity index (χ1) is 12.8. The number of nitrogens with one attached hydrogen (secondary N) is 1. The lowest BCUT2D eigenvalue weighted by atomic mass is 9.97. The number of aromatic nitrogens is 1. The van der Waals surface area contributed by atoms with E-state index >= 15 is 0 Å². The Morgan fingerprint density at radius 2 is 2.12 bits per heavy atom. The molecule has 2 aromatic carbocycles. The Kier molecular flexibility index (Phi) is 5.27. The molecule has 1 atom stereocenters. The summed E-state index contributed by atoms with van der Waals surface area (Å²) in [7, 11) is 0. The third-order valence-corrected chi connectivity index (χ3v) is 5.80. The molecule has 0 bridgehead atoms. The van der Waals surface area contributed by atoms with Gasteiger partial charge in [-0.15, -0.1) is 11.3 Å². The number of amides is 1.